The lowest BCUT2D eigenvalue weighted by Crippen LogP contribution is -2.23. The van der Waals surface area contributed by atoms with Crippen molar-refractivity contribution in [1.29, 1.82) is 0 Å². The summed E-state index contributed by atoms with van der Waals surface area (Å²) in [7, 11) is 1.87. The normalized spacial score (nSPS) is 31.9. The first-order valence-corrected chi connectivity index (χ1v) is 4.56. The number of carbonyl (C=O) groups is 1. The summed E-state index contributed by atoms with van der Waals surface area (Å²) in [6.07, 6.45) is -0.542. The molecule has 0 aromatic carbocycles. The van der Waals surface area contributed by atoms with Gasteiger partial charge in [-0.1, -0.05) is 0 Å². The minimum absolute atomic E-state index is 0.0255. The third-order valence-corrected chi connectivity index (χ3v) is 2.57. The molecule has 0 spiro atoms. The molecule has 1 saturated heterocycles. The largest absolute Gasteiger partial charge is 0.481 e. The summed E-state index contributed by atoms with van der Waals surface area (Å²) in [5.41, 5.74) is 0. The van der Waals surface area contributed by atoms with Gasteiger partial charge in [-0.15, -0.1) is 0 Å². The zero-order valence-corrected chi connectivity index (χ0v) is 8.03. The van der Waals surface area contributed by atoms with Crippen LogP contribution >= 0.6 is 0 Å². The lowest BCUT2D eigenvalue weighted by atomic mass is 9.91. The smallest absolute Gasteiger partial charge is 0.308 e. The summed E-state index contributed by atoms with van der Waals surface area (Å²) in [6.45, 7) is 2.73. The molecule has 3 nitrogen and oxygen atoms in total. The van der Waals surface area contributed by atoms with Crippen LogP contribution in [-0.2, 0) is 4.79 Å². The van der Waals surface area contributed by atoms with Crippen LogP contribution in [0.5, 0.6) is 0 Å². The average Bonchev–Trinajstić information content (AvgIpc) is 2.29. The van der Waals surface area contributed by atoms with E-state index in [2.05, 4.69) is 0 Å². The second kappa shape index (κ2) is 4.05. The highest BCUT2D eigenvalue weighted by Gasteiger charge is 2.36. The van der Waals surface area contributed by atoms with Crippen molar-refractivity contribution in [1.82, 2.24) is 4.90 Å². The highest BCUT2D eigenvalue weighted by atomic mass is 19.1. The first-order valence-electron chi connectivity index (χ1n) is 4.56. The second-order valence-electron chi connectivity index (χ2n) is 3.94. The molecular weight excluding hydrogens is 173 g/mol. The van der Waals surface area contributed by atoms with Crippen molar-refractivity contribution < 1.29 is 14.3 Å². The fourth-order valence-electron chi connectivity index (χ4n) is 2.02. The van der Waals surface area contributed by atoms with Gasteiger partial charge in [-0.25, -0.2) is 4.39 Å². The molecule has 1 fully saturated rings. The molecule has 76 valence electrons. The molecule has 0 aromatic rings. The van der Waals surface area contributed by atoms with Crippen molar-refractivity contribution in [2.24, 2.45) is 11.8 Å². The number of carboxylic acids is 1. The topological polar surface area (TPSA) is 40.5 Å². The predicted molar refractivity (Wildman–Crippen MR) is 47.3 cm³/mol. The molecule has 3 unspecified atom stereocenters. The van der Waals surface area contributed by atoms with E-state index < -0.39 is 12.1 Å². The number of nitrogens with zero attached hydrogens (tertiary/aromatic N) is 1. The molecule has 0 aliphatic carbocycles. The zero-order valence-electron chi connectivity index (χ0n) is 8.03. The third-order valence-electron chi connectivity index (χ3n) is 2.57. The molecule has 0 radical (unpaired) electrons. The van der Waals surface area contributed by atoms with Crippen LogP contribution in [-0.4, -0.2) is 42.3 Å². The Hall–Kier alpha value is -0.640. The van der Waals surface area contributed by atoms with Gasteiger partial charge in [0.05, 0.1) is 12.1 Å². The summed E-state index contributed by atoms with van der Waals surface area (Å²) in [5.74, 6) is -1.21. The lowest BCUT2D eigenvalue weighted by Gasteiger charge is -2.14. The van der Waals surface area contributed by atoms with E-state index in [4.69, 9.17) is 5.11 Å². The van der Waals surface area contributed by atoms with Gasteiger partial charge in [-0.2, -0.15) is 0 Å². The van der Waals surface area contributed by atoms with Crippen molar-refractivity contribution in [3.05, 3.63) is 0 Å². The molecule has 0 amide bonds. The Labute approximate surface area is 77.5 Å². The van der Waals surface area contributed by atoms with Crippen molar-refractivity contribution in [3.63, 3.8) is 0 Å². The van der Waals surface area contributed by atoms with Crippen molar-refractivity contribution in [2.75, 3.05) is 20.1 Å². The van der Waals surface area contributed by atoms with E-state index in [0.29, 0.717) is 19.5 Å². The van der Waals surface area contributed by atoms with Crippen molar-refractivity contribution in [2.45, 2.75) is 19.5 Å². The minimum atomic E-state index is -0.904. The molecule has 1 heterocycles. The Kier molecular flexibility index (Phi) is 3.25. The molecule has 0 bridgehead atoms. The van der Waals surface area contributed by atoms with E-state index >= 15 is 0 Å². The maximum Gasteiger partial charge on any atom is 0.308 e. The molecular formula is C9H16FNO2. The second-order valence-corrected chi connectivity index (χ2v) is 3.94. The summed E-state index contributed by atoms with van der Waals surface area (Å²) in [5, 5.41) is 8.87. The SMILES string of the molecule is CC(F)CC1CN(C)CC1C(=O)O. The Morgan fingerprint density at radius 2 is 2.31 bits per heavy atom. The van der Waals surface area contributed by atoms with Gasteiger partial charge in [-0.3, -0.25) is 4.79 Å². The van der Waals surface area contributed by atoms with E-state index in [0.717, 1.165) is 0 Å². The molecule has 13 heavy (non-hydrogen) atoms. The average molecular weight is 189 g/mol. The molecule has 1 rings (SSSR count). The monoisotopic (exact) mass is 189 g/mol. The van der Waals surface area contributed by atoms with Crippen LogP contribution in [0.4, 0.5) is 4.39 Å². The minimum Gasteiger partial charge on any atom is -0.481 e. The maximum absolute atomic E-state index is 12.7. The highest BCUT2D eigenvalue weighted by molar-refractivity contribution is 5.71. The Balaban J connectivity index is 2.55. The van der Waals surface area contributed by atoms with E-state index in [1.54, 1.807) is 0 Å². The van der Waals surface area contributed by atoms with Gasteiger partial charge in [0.1, 0.15) is 0 Å². The number of aliphatic carboxylic acids is 1. The van der Waals surface area contributed by atoms with Crippen LogP contribution < -0.4 is 0 Å². The summed E-state index contributed by atoms with van der Waals surface area (Å²) in [6, 6.07) is 0. The summed E-state index contributed by atoms with van der Waals surface area (Å²) >= 11 is 0. The van der Waals surface area contributed by atoms with Crippen LogP contribution in [0.3, 0.4) is 0 Å². The van der Waals surface area contributed by atoms with E-state index in [9.17, 15) is 9.18 Å². The van der Waals surface area contributed by atoms with Crippen LogP contribution in [0, 0.1) is 11.8 Å². The summed E-state index contributed by atoms with van der Waals surface area (Å²) in [4.78, 5) is 12.7. The van der Waals surface area contributed by atoms with E-state index in [1.807, 2.05) is 11.9 Å². The van der Waals surface area contributed by atoms with Crippen LogP contribution in [0.15, 0.2) is 0 Å². The Bertz CT molecular complexity index is 196. The van der Waals surface area contributed by atoms with Crippen LogP contribution in [0.25, 0.3) is 0 Å². The third kappa shape index (κ3) is 2.66. The van der Waals surface area contributed by atoms with Gasteiger partial charge < -0.3 is 10.0 Å². The molecule has 0 aromatic heterocycles. The van der Waals surface area contributed by atoms with Crippen LogP contribution in [0.1, 0.15) is 13.3 Å². The molecule has 3 atom stereocenters. The molecule has 1 aliphatic heterocycles. The fraction of sp³-hybridized carbons (Fsp3) is 0.889. The first-order chi connectivity index (χ1) is 6.00. The number of alkyl halides is 1. The molecule has 1 aliphatic rings. The number of halogens is 1. The zero-order chi connectivity index (χ0) is 10.0. The number of hydrogen-bond donors (Lipinski definition) is 1. The number of hydrogen-bond acceptors (Lipinski definition) is 2. The standard InChI is InChI=1S/C9H16FNO2/c1-6(10)3-7-4-11(2)5-8(7)9(12)13/h6-8H,3-5H2,1-2H3,(H,12,13). The Morgan fingerprint density at radius 3 is 2.77 bits per heavy atom. The summed E-state index contributed by atoms with van der Waals surface area (Å²) < 4.78 is 12.7. The van der Waals surface area contributed by atoms with E-state index in [1.165, 1.54) is 6.92 Å². The quantitative estimate of drug-likeness (QED) is 0.720. The number of likely N-dealkylation sites (tertiary alicyclic amines) is 1. The first kappa shape index (κ1) is 10.4. The van der Waals surface area contributed by atoms with Gasteiger partial charge in [0.25, 0.3) is 0 Å². The van der Waals surface area contributed by atoms with Gasteiger partial charge in [0, 0.05) is 13.1 Å². The van der Waals surface area contributed by atoms with Crippen LogP contribution in [0.2, 0.25) is 0 Å². The fourth-order valence-corrected chi connectivity index (χ4v) is 2.02. The maximum atomic E-state index is 12.7. The van der Waals surface area contributed by atoms with Gasteiger partial charge in [0.15, 0.2) is 0 Å². The molecule has 0 saturated carbocycles. The van der Waals surface area contributed by atoms with Gasteiger partial charge in [-0.05, 0) is 26.3 Å². The lowest BCUT2D eigenvalue weighted by molar-refractivity contribution is -0.142. The molecule has 1 N–H and O–H groups in total. The number of rotatable bonds is 3. The number of carboxylic acid groups (broad SMARTS) is 1. The molecule has 4 heteroatoms. The highest BCUT2D eigenvalue weighted by Crippen LogP contribution is 2.27. The Morgan fingerprint density at radius 1 is 1.69 bits per heavy atom. The predicted octanol–water partition coefficient (Wildman–Crippen LogP) is 0.997. The van der Waals surface area contributed by atoms with Crippen molar-refractivity contribution >= 4 is 5.97 Å². The van der Waals surface area contributed by atoms with Gasteiger partial charge >= 0.3 is 5.97 Å². The van der Waals surface area contributed by atoms with Crippen molar-refractivity contribution in [3.8, 4) is 0 Å². The van der Waals surface area contributed by atoms with E-state index in [-0.39, 0.29) is 11.8 Å². The van der Waals surface area contributed by atoms with Gasteiger partial charge in [0.2, 0.25) is 0 Å².